The van der Waals surface area contributed by atoms with Crippen molar-refractivity contribution in [1.29, 1.82) is 0 Å². The summed E-state index contributed by atoms with van der Waals surface area (Å²) in [4.78, 5) is 59.5. The molecule has 4 heterocycles. The Hall–Kier alpha value is -4.52. The number of carboxylic acid groups (broad SMARTS) is 1. The van der Waals surface area contributed by atoms with Crippen molar-refractivity contribution in [2.75, 3.05) is 44.6 Å². The summed E-state index contributed by atoms with van der Waals surface area (Å²) in [6, 6.07) is 11.4. The molecule has 4 aliphatic rings. The van der Waals surface area contributed by atoms with Gasteiger partial charge in [-0.15, -0.1) is 0 Å². The summed E-state index contributed by atoms with van der Waals surface area (Å²) in [6.45, 7) is 6.66. The number of fused-ring (bicyclic) bond motifs is 1. The number of urea groups is 1. The lowest BCUT2D eigenvalue weighted by Gasteiger charge is -2.44. The van der Waals surface area contributed by atoms with Crippen LogP contribution in [-0.2, 0) is 27.1 Å². The van der Waals surface area contributed by atoms with E-state index >= 15 is 0 Å². The Bertz CT molecular complexity index is 1550. The Morgan fingerprint density at radius 3 is 2.24 bits per heavy atom. The summed E-state index contributed by atoms with van der Waals surface area (Å²) in [6.07, 6.45) is 2.61. The van der Waals surface area contributed by atoms with Crippen molar-refractivity contribution in [3.63, 3.8) is 0 Å². The van der Waals surface area contributed by atoms with E-state index < -0.39 is 24.6 Å². The summed E-state index contributed by atoms with van der Waals surface area (Å²) in [5.74, 6) is -0.0729. The van der Waals surface area contributed by atoms with Gasteiger partial charge in [0, 0.05) is 63.5 Å². The molecule has 4 amide bonds. The number of benzene rings is 2. The summed E-state index contributed by atoms with van der Waals surface area (Å²) < 4.78 is 11.2. The highest BCUT2D eigenvalue weighted by molar-refractivity contribution is 5.91. The fourth-order valence-electron chi connectivity index (χ4n) is 8.06. The summed E-state index contributed by atoms with van der Waals surface area (Å²) >= 11 is 0. The molecule has 4 aliphatic heterocycles. The topological polar surface area (TPSA) is 152 Å². The molecule has 2 aromatic rings. The molecule has 270 valence electrons. The quantitative estimate of drug-likeness (QED) is 0.337. The number of aromatic hydroxyl groups is 1. The second kappa shape index (κ2) is 15.6. The highest BCUT2D eigenvalue weighted by Gasteiger charge is 2.38. The zero-order chi connectivity index (χ0) is 35.4. The minimum atomic E-state index is -1.28. The maximum Gasteiger partial charge on any atom is 0.507 e. The number of amides is 4. The number of aryl methyl sites for hydroxylation is 2. The lowest BCUT2D eigenvalue weighted by Crippen LogP contribution is -2.55. The minimum absolute atomic E-state index is 0.0181. The van der Waals surface area contributed by atoms with Crippen LogP contribution in [0.15, 0.2) is 36.4 Å². The van der Waals surface area contributed by atoms with Gasteiger partial charge >= 0.3 is 18.3 Å². The molecule has 0 radical (unpaired) electrons. The van der Waals surface area contributed by atoms with Gasteiger partial charge in [0.25, 0.3) is 5.91 Å². The molecule has 6 rings (SSSR count). The first-order valence-electron chi connectivity index (χ1n) is 17.9. The first-order chi connectivity index (χ1) is 24.1. The van der Waals surface area contributed by atoms with Crippen LogP contribution in [-0.4, -0.2) is 118 Å². The molecule has 2 atom stereocenters. The van der Waals surface area contributed by atoms with Crippen molar-refractivity contribution in [2.45, 2.75) is 96.1 Å². The highest BCUT2D eigenvalue weighted by atomic mass is 16.7. The van der Waals surface area contributed by atoms with Crippen LogP contribution in [0.5, 0.6) is 5.75 Å². The Morgan fingerprint density at radius 2 is 1.54 bits per heavy atom. The largest absolute Gasteiger partial charge is 0.507 e. The van der Waals surface area contributed by atoms with E-state index in [-0.39, 0.29) is 36.2 Å². The van der Waals surface area contributed by atoms with E-state index in [0.717, 1.165) is 42.6 Å². The van der Waals surface area contributed by atoms with Crippen LogP contribution in [0.2, 0.25) is 0 Å². The molecule has 50 heavy (non-hydrogen) atoms. The number of piperidine rings is 3. The van der Waals surface area contributed by atoms with E-state index in [4.69, 9.17) is 9.47 Å². The Morgan fingerprint density at radius 1 is 0.880 bits per heavy atom. The molecule has 0 saturated carbocycles. The van der Waals surface area contributed by atoms with Crippen molar-refractivity contribution in [3.05, 3.63) is 58.7 Å². The maximum absolute atomic E-state index is 14.1. The van der Waals surface area contributed by atoms with Gasteiger partial charge in [-0.25, -0.2) is 14.4 Å². The summed E-state index contributed by atoms with van der Waals surface area (Å²) in [5.41, 5.74) is 4.09. The van der Waals surface area contributed by atoms with E-state index in [1.54, 1.807) is 23.6 Å². The number of nitrogens with one attached hydrogen (secondary N) is 1. The standard InChI is InChI=1S/C37H49N5O8/c1-24-21-26(22-25(2)33(24)43)23-31(34(44)39-16-11-28(12-17-39)41-15-6-5-9-32(41)50-37(47)48)49-36(46)40-18-13-29(14-19-40)42-20-10-27-7-3-4-8-30(27)38-35(42)45/h3-4,7-8,21-22,28-29,31-32,43H,5-6,9-20,23H2,1-2H3,(H,38,45)(H,47,48)/t31-,32-/m1/s1. The van der Waals surface area contributed by atoms with Crippen LogP contribution in [0.4, 0.5) is 20.1 Å². The van der Waals surface area contributed by atoms with Gasteiger partial charge in [-0.3, -0.25) is 9.69 Å². The van der Waals surface area contributed by atoms with Gasteiger partial charge in [0.05, 0.1) is 0 Å². The molecule has 3 saturated heterocycles. The van der Waals surface area contributed by atoms with E-state index in [1.807, 2.05) is 41.3 Å². The van der Waals surface area contributed by atoms with Crippen molar-refractivity contribution >= 4 is 29.9 Å². The monoisotopic (exact) mass is 691 g/mol. The summed E-state index contributed by atoms with van der Waals surface area (Å²) in [5, 5.41) is 22.6. The second-order valence-corrected chi connectivity index (χ2v) is 14.0. The molecule has 3 N–H and O–H groups in total. The lowest BCUT2D eigenvalue weighted by molar-refractivity contribution is -0.143. The normalized spacial score (nSPS) is 21.5. The maximum atomic E-state index is 14.1. The molecule has 0 unspecified atom stereocenters. The first kappa shape index (κ1) is 35.3. The average molecular weight is 692 g/mol. The Balaban J connectivity index is 1.09. The number of phenolic OH excluding ortho intramolecular Hbond substituents is 1. The number of carbonyl (C=O) groups excluding carboxylic acids is 3. The molecule has 0 aliphatic carbocycles. The molecule has 0 spiro atoms. The molecule has 3 fully saturated rings. The number of anilines is 1. The number of ether oxygens (including phenoxy) is 2. The molecular weight excluding hydrogens is 642 g/mol. The third kappa shape index (κ3) is 8.09. The van der Waals surface area contributed by atoms with Gasteiger partial charge < -0.3 is 39.7 Å². The second-order valence-electron chi connectivity index (χ2n) is 14.0. The average Bonchev–Trinajstić information content (AvgIpc) is 3.28. The molecule has 0 bridgehead atoms. The third-order valence-electron chi connectivity index (χ3n) is 10.8. The van der Waals surface area contributed by atoms with Crippen LogP contribution >= 0.6 is 0 Å². The van der Waals surface area contributed by atoms with Crippen LogP contribution in [0.25, 0.3) is 0 Å². The highest BCUT2D eigenvalue weighted by Crippen LogP contribution is 2.29. The molecule has 0 aromatic heterocycles. The van der Waals surface area contributed by atoms with Crippen molar-refractivity contribution in [1.82, 2.24) is 19.6 Å². The number of phenols is 1. The molecule has 13 nitrogen and oxygen atoms in total. The summed E-state index contributed by atoms with van der Waals surface area (Å²) in [7, 11) is 0. The first-order valence-corrected chi connectivity index (χ1v) is 17.9. The molecule has 13 heteroatoms. The minimum Gasteiger partial charge on any atom is -0.507 e. The smallest absolute Gasteiger partial charge is 0.507 e. The third-order valence-corrected chi connectivity index (χ3v) is 10.8. The van der Waals surface area contributed by atoms with Crippen LogP contribution in [0.1, 0.15) is 67.2 Å². The molecular formula is C37H49N5O8. The van der Waals surface area contributed by atoms with Gasteiger partial charge in [-0.2, -0.15) is 0 Å². The van der Waals surface area contributed by atoms with Crippen molar-refractivity contribution in [2.24, 2.45) is 0 Å². The van der Waals surface area contributed by atoms with Crippen molar-refractivity contribution < 1.29 is 38.9 Å². The van der Waals surface area contributed by atoms with Crippen LogP contribution in [0.3, 0.4) is 0 Å². The van der Waals surface area contributed by atoms with Gasteiger partial charge in [-0.1, -0.05) is 30.3 Å². The zero-order valence-electron chi connectivity index (χ0n) is 29.0. The molecule has 2 aromatic carbocycles. The van der Waals surface area contributed by atoms with Gasteiger partial charge in [0.15, 0.2) is 12.3 Å². The fourth-order valence-corrected chi connectivity index (χ4v) is 8.06. The van der Waals surface area contributed by atoms with Crippen LogP contribution < -0.4 is 5.32 Å². The van der Waals surface area contributed by atoms with E-state index in [0.29, 0.717) is 76.0 Å². The van der Waals surface area contributed by atoms with E-state index in [2.05, 4.69) is 10.2 Å². The number of likely N-dealkylation sites (tertiary alicyclic amines) is 3. The zero-order valence-corrected chi connectivity index (χ0v) is 29.0. The SMILES string of the molecule is Cc1cc(C[C@@H](OC(=O)N2CCC(N3CCc4ccccc4NC3=O)CC2)C(=O)N2CCC(N3CCCC[C@H]3OC(=O)O)CC2)cc(C)c1O. The number of para-hydroxylation sites is 1. The number of hydrogen-bond acceptors (Lipinski definition) is 8. The Labute approximate surface area is 293 Å². The van der Waals surface area contributed by atoms with Gasteiger partial charge in [0.2, 0.25) is 0 Å². The van der Waals surface area contributed by atoms with E-state index in [1.165, 1.54) is 0 Å². The number of nitrogens with zero attached hydrogens (tertiary/aromatic N) is 4. The van der Waals surface area contributed by atoms with Crippen molar-refractivity contribution in [3.8, 4) is 5.75 Å². The fraction of sp³-hybridized carbons (Fsp3) is 0.568. The number of hydrogen-bond donors (Lipinski definition) is 3. The number of carbonyl (C=O) groups is 4. The van der Waals surface area contributed by atoms with Crippen LogP contribution in [0, 0.1) is 13.8 Å². The lowest BCUT2D eigenvalue weighted by atomic mass is 9.97. The van der Waals surface area contributed by atoms with Gasteiger partial charge in [-0.05, 0) is 93.5 Å². The van der Waals surface area contributed by atoms with Gasteiger partial charge in [0.1, 0.15) is 5.75 Å². The Kier molecular flexibility index (Phi) is 11.0. The van der Waals surface area contributed by atoms with E-state index in [9.17, 15) is 29.4 Å². The predicted molar refractivity (Wildman–Crippen MR) is 185 cm³/mol. The predicted octanol–water partition coefficient (Wildman–Crippen LogP) is 5.11. The number of rotatable bonds is 7.